The minimum absolute atomic E-state index is 0.0215. The molecule has 0 unspecified atom stereocenters. The van der Waals surface area contributed by atoms with Gasteiger partial charge in [-0.3, -0.25) is 9.36 Å². The summed E-state index contributed by atoms with van der Waals surface area (Å²) >= 11 is 0. The smallest absolute Gasteiger partial charge is 0.408 e. The van der Waals surface area contributed by atoms with Crippen LogP contribution in [0.5, 0.6) is 0 Å². The Morgan fingerprint density at radius 2 is 2.05 bits per heavy atom. The van der Waals surface area contributed by atoms with Gasteiger partial charge < -0.3 is 14.4 Å². The maximum absolute atomic E-state index is 12.1. The van der Waals surface area contributed by atoms with Gasteiger partial charge in [0.25, 0.3) is 0 Å². The highest BCUT2D eigenvalue weighted by Crippen LogP contribution is 2.11. The van der Waals surface area contributed by atoms with Gasteiger partial charge in [0.2, 0.25) is 5.91 Å². The molecule has 114 valence electrons. The van der Waals surface area contributed by atoms with Gasteiger partial charge in [-0.15, -0.1) is 0 Å². The topological polar surface area (TPSA) is 75.7 Å². The second-order valence-electron chi connectivity index (χ2n) is 5.02. The number of para-hydroxylation sites is 2. The summed E-state index contributed by atoms with van der Waals surface area (Å²) in [6.45, 7) is 0.768. The molecule has 0 atom stereocenters. The van der Waals surface area contributed by atoms with Crippen molar-refractivity contribution in [3.05, 3.63) is 34.8 Å². The molecule has 0 saturated carbocycles. The van der Waals surface area contributed by atoms with Crippen LogP contribution in [0.1, 0.15) is 19.3 Å². The minimum Gasteiger partial charge on any atom is -0.408 e. The summed E-state index contributed by atoms with van der Waals surface area (Å²) in [6, 6.07) is 7.05. The molecule has 0 spiro atoms. The molecule has 0 bridgehead atoms. The van der Waals surface area contributed by atoms with Gasteiger partial charge in [-0.05, 0) is 31.4 Å². The molecule has 0 saturated heterocycles. The number of hydrogen-bond acceptors (Lipinski definition) is 4. The summed E-state index contributed by atoms with van der Waals surface area (Å²) in [5, 5.41) is 8.71. The minimum atomic E-state index is -0.516. The van der Waals surface area contributed by atoms with E-state index in [0.717, 1.165) is 19.3 Å². The third kappa shape index (κ3) is 3.72. The van der Waals surface area contributed by atoms with E-state index in [1.165, 1.54) is 4.57 Å². The number of aromatic nitrogens is 1. The Morgan fingerprint density at radius 3 is 2.81 bits per heavy atom. The van der Waals surface area contributed by atoms with Crippen LogP contribution in [0.4, 0.5) is 0 Å². The SMILES string of the molecule is CN(CCCCCO)C(=O)Cn1c(=O)oc2ccccc21. The van der Waals surface area contributed by atoms with Gasteiger partial charge in [0, 0.05) is 20.2 Å². The summed E-state index contributed by atoms with van der Waals surface area (Å²) in [4.78, 5) is 25.5. The normalized spacial score (nSPS) is 11.0. The first kappa shape index (κ1) is 15.3. The van der Waals surface area contributed by atoms with Crippen molar-refractivity contribution in [3.63, 3.8) is 0 Å². The van der Waals surface area contributed by atoms with Gasteiger partial charge in [0.05, 0.1) is 5.52 Å². The summed E-state index contributed by atoms with van der Waals surface area (Å²) in [5.41, 5.74) is 1.12. The van der Waals surface area contributed by atoms with Crippen LogP contribution in [0.25, 0.3) is 11.1 Å². The van der Waals surface area contributed by atoms with Crippen molar-refractivity contribution < 1.29 is 14.3 Å². The van der Waals surface area contributed by atoms with E-state index in [4.69, 9.17) is 9.52 Å². The van der Waals surface area contributed by atoms with Crippen LogP contribution in [-0.4, -0.2) is 40.7 Å². The average molecular weight is 292 g/mol. The lowest BCUT2D eigenvalue weighted by molar-refractivity contribution is -0.130. The fourth-order valence-electron chi connectivity index (χ4n) is 2.18. The third-order valence-electron chi connectivity index (χ3n) is 3.44. The van der Waals surface area contributed by atoms with Crippen LogP contribution in [0.2, 0.25) is 0 Å². The van der Waals surface area contributed by atoms with E-state index < -0.39 is 5.76 Å². The number of aliphatic hydroxyl groups excluding tert-OH is 1. The second kappa shape index (κ2) is 7.08. The number of unbranched alkanes of at least 4 members (excludes halogenated alkanes) is 2. The first-order valence-electron chi connectivity index (χ1n) is 7.06. The van der Waals surface area contributed by atoms with Crippen molar-refractivity contribution >= 4 is 17.0 Å². The van der Waals surface area contributed by atoms with Crippen LogP contribution >= 0.6 is 0 Å². The Labute approximate surface area is 122 Å². The standard InChI is InChI=1S/C15H20N2O4/c1-16(9-5-2-6-10-18)14(19)11-17-12-7-3-4-8-13(12)21-15(17)20/h3-4,7-8,18H,2,5-6,9-11H2,1H3. The molecule has 1 N–H and O–H groups in total. The van der Waals surface area contributed by atoms with Crippen molar-refractivity contribution in [1.82, 2.24) is 9.47 Å². The van der Waals surface area contributed by atoms with Crippen LogP contribution in [0.3, 0.4) is 0 Å². The molecule has 0 aliphatic heterocycles. The lowest BCUT2D eigenvalue weighted by Gasteiger charge is -2.17. The molecular formula is C15H20N2O4. The summed E-state index contributed by atoms with van der Waals surface area (Å²) in [7, 11) is 1.72. The Morgan fingerprint density at radius 1 is 1.29 bits per heavy atom. The maximum Gasteiger partial charge on any atom is 0.420 e. The molecule has 6 heteroatoms. The molecule has 1 aromatic heterocycles. The Hall–Kier alpha value is -2.08. The molecule has 2 aromatic rings. The molecule has 1 aromatic carbocycles. The summed E-state index contributed by atoms with van der Waals surface area (Å²) < 4.78 is 6.45. The third-order valence-corrected chi connectivity index (χ3v) is 3.44. The molecule has 1 heterocycles. The van der Waals surface area contributed by atoms with Crippen LogP contribution in [0, 0.1) is 0 Å². The van der Waals surface area contributed by atoms with Crippen molar-refractivity contribution in [3.8, 4) is 0 Å². The zero-order valence-corrected chi connectivity index (χ0v) is 12.1. The highest BCUT2D eigenvalue weighted by atomic mass is 16.4. The van der Waals surface area contributed by atoms with Gasteiger partial charge in [0.15, 0.2) is 5.58 Å². The van der Waals surface area contributed by atoms with E-state index in [9.17, 15) is 9.59 Å². The van der Waals surface area contributed by atoms with Crippen LogP contribution in [-0.2, 0) is 11.3 Å². The number of carbonyl (C=O) groups is 1. The van der Waals surface area contributed by atoms with Crippen LogP contribution < -0.4 is 5.76 Å². The average Bonchev–Trinajstić information content (AvgIpc) is 2.79. The van der Waals surface area contributed by atoms with E-state index in [2.05, 4.69) is 0 Å². The highest BCUT2D eigenvalue weighted by Gasteiger charge is 2.14. The van der Waals surface area contributed by atoms with E-state index in [-0.39, 0.29) is 19.1 Å². The molecule has 2 rings (SSSR count). The van der Waals surface area contributed by atoms with E-state index in [0.29, 0.717) is 17.6 Å². The molecule has 0 radical (unpaired) electrons. The Balaban J connectivity index is 2.01. The number of amides is 1. The first-order valence-corrected chi connectivity index (χ1v) is 7.06. The van der Waals surface area contributed by atoms with Gasteiger partial charge in [0.1, 0.15) is 6.54 Å². The number of fused-ring (bicyclic) bond motifs is 1. The number of likely N-dealkylation sites (N-methyl/N-ethyl adjacent to an activating group) is 1. The summed E-state index contributed by atoms with van der Waals surface area (Å²) in [5.74, 6) is -0.647. The maximum atomic E-state index is 12.1. The van der Waals surface area contributed by atoms with Crippen molar-refractivity contribution in [2.45, 2.75) is 25.8 Å². The molecular weight excluding hydrogens is 272 g/mol. The number of benzene rings is 1. The van der Waals surface area contributed by atoms with E-state index in [1.807, 2.05) is 0 Å². The van der Waals surface area contributed by atoms with Crippen molar-refractivity contribution in [2.24, 2.45) is 0 Å². The zero-order valence-electron chi connectivity index (χ0n) is 12.1. The van der Waals surface area contributed by atoms with Crippen molar-refractivity contribution in [1.29, 1.82) is 0 Å². The number of carbonyl (C=O) groups excluding carboxylic acids is 1. The molecule has 0 aliphatic carbocycles. The Bertz CT molecular complexity index is 659. The summed E-state index contributed by atoms with van der Waals surface area (Å²) in [6.07, 6.45) is 2.46. The highest BCUT2D eigenvalue weighted by molar-refractivity contribution is 5.79. The first-order chi connectivity index (χ1) is 10.1. The largest absolute Gasteiger partial charge is 0.420 e. The van der Waals surface area contributed by atoms with E-state index >= 15 is 0 Å². The van der Waals surface area contributed by atoms with Gasteiger partial charge in [-0.1, -0.05) is 12.1 Å². The fraction of sp³-hybridized carbons (Fsp3) is 0.467. The molecule has 6 nitrogen and oxygen atoms in total. The van der Waals surface area contributed by atoms with Gasteiger partial charge >= 0.3 is 5.76 Å². The van der Waals surface area contributed by atoms with Crippen LogP contribution in [0.15, 0.2) is 33.5 Å². The fourth-order valence-corrected chi connectivity index (χ4v) is 2.18. The van der Waals surface area contributed by atoms with Gasteiger partial charge in [-0.25, -0.2) is 4.79 Å². The lowest BCUT2D eigenvalue weighted by atomic mass is 10.2. The van der Waals surface area contributed by atoms with E-state index in [1.54, 1.807) is 36.2 Å². The molecule has 1 amide bonds. The molecule has 0 fully saturated rings. The second-order valence-corrected chi connectivity index (χ2v) is 5.02. The number of oxazole rings is 1. The monoisotopic (exact) mass is 292 g/mol. The molecule has 0 aliphatic rings. The lowest BCUT2D eigenvalue weighted by Crippen LogP contribution is -2.33. The molecule has 21 heavy (non-hydrogen) atoms. The predicted octanol–water partition coefficient (Wildman–Crippen LogP) is 1.22. The predicted molar refractivity (Wildman–Crippen MR) is 79.0 cm³/mol. The van der Waals surface area contributed by atoms with Crippen molar-refractivity contribution in [2.75, 3.05) is 20.2 Å². The van der Waals surface area contributed by atoms with Gasteiger partial charge in [-0.2, -0.15) is 0 Å². The number of hydrogen-bond donors (Lipinski definition) is 1. The quantitative estimate of drug-likeness (QED) is 0.778. The number of rotatable bonds is 7. The number of aliphatic hydroxyl groups is 1. The Kier molecular flexibility index (Phi) is 5.16. The number of nitrogens with zero attached hydrogens (tertiary/aromatic N) is 2. The zero-order chi connectivity index (χ0) is 15.2.